The lowest BCUT2D eigenvalue weighted by Gasteiger charge is -2.26. The van der Waals surface area contributed by atoms with E-state index in [0.717, 1.165) is 16.5 Å². The molecule has 0 unspecified atom stereocenters. The highest BCUT2D eigenvalue weighted by Gasteiger charge is 2.42. The Morgan fingerprint density at radius 2 is 1.50 bits per heavy atom. The van der Waals surface area contributed by atoms with Crippen LogP contribution in [0, 0.1) is 6.92 Å². The second-order valence-electron chi connectivity index (χ2n) is 3.35. The molecule has 0 aromatic heterocycles. The highest BCUT2D eigenvalue weighted by Crippen LogP contribution is 2.15. The molecule has 0 N–H and O–H groups in total. The quantitative estimate of drug-likeness (QED) is 0.724. The normalized spacial score (nSPS) is 11.6. The number of hydrogen-bond acceptors (Lipinski definition) is 4. The van der Waals surface area contributed by atoms with Crippen LogP contribution in [0.15, 0.2) is 18.2 Å². The molecule has 1 rings (SSSR count). The summed E-state index contributed by atoms with van der Waals surface area (Å²) >= 11 is 0. The van der Waals surface area contributed by atoms with Crippen molar-refractivity contribution in [3.63, 3.8) is 0 Å². The van der Waals surface area contributed by atoms with Crippen LogP contribution < -0.4 is 9.92 Å². The van der Waals surface area contributed by atoms with Crippen LogP contribution in [0.1, 0.15) is 5.56 Å². The van der Waals surface area contributed by atoms with Gasteiger partial charge in [-0.15, -0.1) is 0 Å². The van der Waals surface area contributed by atoms with Crippen molar-refractivity contribution in [1.82, 2.24) is 0 Å². The molecule has 0 saturated carbocycles. The first kappa shape index (κ1) is 13.2. The van der Waals surface area contributed by atoms with Gasteiger partial charge in [0.15, 0.2) is 0 Å². The van der Waals surface area contributed by atoms with Gasteiger partial charge in [0.05, 0.1) is 7.11 Å². The highest BCUT2D eigenvalue weighted by molar-refractivity contribution is 6.75. The third-order valence-electron chi connectivity index (χ3n) is 2.58. The van der Waals surface area contributed by atoms with Gasteiger partial charge in [-0.05, 0) is 24.6 Å². The van der Waals surface area contributed by atoms with Crippen molar-refractivity contribution < 1.29 is 18.0 Å². The van der Waals surface area contributed by atoms with E-state index in [1.807, 2.05) is 25.1 Å². The fraction of sp³-hybridized carbons (Fsp3) is 0.455. The van der Waals surface area contributed by atoms with Crippen molar-refractivity contribution in [3.05, 3.63) is 23.8 Å². The van der Waals surface area contributed by atoms with Gasteiger partial charge >= 0.3 is 8.80 Å². The van der Waals surface area contributed by atoms with Gasteiger partial charge in [-0.2, -0.15) is 0 Å². The lowest BCUT2D eigenvalue weighted by Crippen LogP contribution is -2.55. The molecule has 0 atom stereocenters. The van der Waals surface area contributed by atoms with Gasteiger partial charge in [0, 0.05) is 26.5 Å². The molecule has 0 heterocycles. The Morgan fingerprint density at radius 1 is 0.938 bits per heavy atom. The lowest BCUT2D eigenvalue weighted by atomic mass is 10.2. The van der Waals surface area contributed by atoms with Crippen molar-refractivity contribution in [2.24, 2.45) is 0 Å². The Kier molecular flexibility index (Phi) is 4.49. The maximum atomic E-state index is 5.44. The van der Waals surface area contributed by atoms with Crippen molar-refractivity contribution in [3.8, 4) is 5.75 Å². The van der Waals surface area contributed by atoms with Crippen LogP contribution in [0.2, 0.25) is 0 Å². The first-order valence-electron chi connectivity index (χ1n) is 4.94. The SMILES string of the molecule is COc1ccc(C)c([Si](OC)(OC)OC)c1. The molecule has 0 amide bonds. The molecule has 0 saturated heterocycles. The van der Waals surface area contributed by atoms with Crippen LogP contribution in [0.4, 0.5) is 0 Å². The minimum absolute atomic E-state index is 0.767. The standard InChI is InChI=1S/C11H18O4Si/c1-9-6-7-10(12-2)8-11(9)16(13-3,14-4)15-5/h6-8H,1-5H3. The average Bonchev–Trinajstić information content (AvgIpc) is 2.34. The molecule has 4 nitrogen and oxygen atoms in total. The summed E-state index contributed by atoms with van der Waals surface area (Å²) in [5.41, 5.74) is 1.07. The summed E-state index contributed by atoms with van der Waals surface area (Å²) in [7, 11) is 3.65. The van der Waals surface area contributed by atoms with Crippen LogP contribution in [0.5, 0.6) is 5.75 Å². The first-order valence-corrected chi connectivity index (χ1v) is 6.66. The summed E-state index contributed by atoms with van der Waals surface area (Å²) in [5, 5.41) is 0.930. The monoisotopic (exact) mass is 242 g/mol. The van der Waals surface area contributed by atoms with E-state index in [0.29, 0.717) is 0 Å². The zero-order chi connectivity index (χ0) is 12.2. The predicted molar refractivity (Wildman–Crippen MR) is 64.1 cm³/mol. The predicted octanol–water partition coefficient (Wildman–Crippen LogP) is 1.09. The maximum absolute atomic E-state index is 5.44. The Labute approximate surface area is 97.5 Å². The lowest BCUT2D eigenvalue weighted by molar-refractivity contribution is 0.140. The van der Waals surface area contributed by atoms with E-state index in [9.17, 15) is 0 Å². The van der Waals surface area contributed by atoms with E-state index in [2.05, 4.69) is 0 Å². The fourth-order valence-electron chi connectivity index (χ4n) is 1.64. The number of ether oxygens (including phenoxy) is 1. The summed E-state index contributed by atoms with van der Waals surface area (Å²) in [6, 6.07) is 5.77. The van der Waals surface area contributed by atoms with Gasteiger partial charge in [0.1, 0.15) is 5.75 Å². The molecule has 16 heavy (non-hydrogen) atoms. The molecule has 0 radical (unpaired) electrons. The number of rotatable bonds is 5. The summed E-state index contributed by atoms with van der Waals surface area (Å²) < 4.78 is 21.5. The molecular formula is C11H18O4Si. The molecule has 0 fully saturated rings. The number of hydrogen-bond donors (Lipinski definition) is 0. The van der Waals surface area contributed by atoms with Crippen LogP contribution in [0.3, 0.4) is 0 Å². The van der Waals surface area contributed by atoms with Gasteiger partial charge in [0.2, 0.25) is 0 Å². The van der Waals surface area contributed by atoms with Gasteiger partial charge in [0.25, 0.3) is 0 Å². The first-order chi connectivity index (χ1) is 7.63. The second-order valence-corrected chi connectivity index (χ2v) is 6.23. The van der Waals surface area contributed by atoms with E-state index in [-0.39, 0.29) is 0 Å². The molecule has 5 heteroatoms. The zero-order valence-electron chi connectivity index (χ0n) is 10.4. The third-order valence-corrected chi connectivity index (χ3v) is 5.39. The smallest absolute Gasteiger partial charge is 0.497 e. The average molecular weight is 242 g/mol. The topological polar surface area (TPSA) is 36.9 Å². The van der Waals surface area contributed by atoms with E-state index >= 15 is 0 Å². The molecule has 0 aliphatic carbocycles. The van der Waals surface area contributed by atoms with Gasteiger partial charge in [-0.3, -0.25) is 0 Å². The minimum atomic E-state index is -2.77. The molecule has 0 aliphatic rings. The van der Waals surface area contributed by atoms with Crippen LogP contribution in [-0.4, -0.2) is 37.2 Å². The Hall–Kier alpha value is -0.883. The highest BCUT2D eigenvalue weighted by atomic mass is 28.4. The molecule has 0 bridgehead atoms. The number of benzene rings is 1. The van der Waals surface area contributed by atoms with E-state index in [1.54, 1.807) is 28.4 Å². The third kappa shape index (κ3) is 2.27. The molecule has 1 aromatic carbocycles. The van der Waals surface area contributed by atoms with Crippen molar-refractivity contribution >= 4 is 14.0 Å². The molecule has 0 aliphatic heterocycles. The van der Waals surface area contributed by atoms with Crippen LogP contribution in [-0.2, 0) is 13.3 Å². The Bertz CT molecular complexity index is 342. The second kappa shape index (κ2) is 5.45. The molecule has 1 aromatic rings. The summed E-state index contributed by atoms with van der Waals surface area (Å²) in [6.07, 6.45) is 0. The minimum Gasteiger partial charge on any atom is -0.497 e. The largest absolute Gasteiger partial charge is 0.536 e. The van der Waals surface area contributed by atoms with Crippen molar-refractivity contribution in [1.29, 1.82) is 0 Å². The van der Waals surface area contributed by atoms with Gasteiger partial charge < -0.3 is 18.0 Å². The van der Waals surface area contributed by atoms with Crippen LogP contribution >= 0.6 is 0 Å². The summed E-state index contributed by atoms with van der Waals surface area (Å²) in [6.45, 7) is 1.99. The van der Waals surface area contributed by atoms with Crippen molar-refractivity contribution in [2.75, 3.05) is 28.4 Å². The summed E-state index contributed by atoms with van der Waals surface area (Å²) in [4.78, 5) is 0. The van der Waals surface area contributed by atoms with Crippen molar-refractivity contribution in [2.45, 2.75) is 6.92 Å². The number of methoxy groups -OCH3 is 1. The van der Waals surface area contributed by atoms with Crippen LogP contribution in [0.25, 0.3) is 0 Å². The van der Waals surface area contributed by atoms with Gasteiger partial charge in [-0.1, -0.05) is 6.07 Å². The molecule has 90 valence electrons. The zero-order valence-corrected chi connectivity index (χ0v) is 11.4. The summed E-state index contributed by atoms with van der Waals surface area (Å²) in [5.74, 6) is 0.767. The number of aryl methyl sites for hydroxylation is 1. The van der Waals surface area contributed by atoms with E-state index < -0.39 is 8.80 Å². The van der Waals surface area contributed by atoms with E-state index in [4.69, 9.17) is 18.0 Å². The van der Waals surface area contributed by atoms with E-state index in [1.165, 1.54) is 0 Å². The Balaban J connectivity index is 3.27. The Morgan fingerprint density at radius 3 is 1.94 bits per heavy atom. The maximum Gasteiger partial charge on any atom is 0.536 e. The van der Waals surface area contributed by atoms with Gasteiger partial charge in [-0.25, -0.2) is 0 Å². The molecule has 0 spiro atoms. The molecular weight excluding hydrogens is 224 g/mol. The fourth-order valence-corrected chi connectivity index (χ4v) is 3.68.